The highest BCUT2D eigenvalue weighted by Crippen LogP contribution is 2.28. The number of carbonyl (C=O) groups excluding carboxylic acids is 1. The zero-order chi connectivity index (χ0) is 24.9. The molecule has 1 saturated heterocycles. The number of hydrogen-bond acceptors (Lipinski definition) is 8. The van der Waals surface area contributed by atoms with Crippen molar-refractivity contribution in [3.05, 3.63) is 71.7 Å². The van der Waals surface area contributed by atoms with Gasteiger partial charge in [-0.15, -0.1) is 0 Å². The molecule has 0 saturated carbocycles. The third-order valence-corrected chi connectivity index (χ3v) is 7.02. The molecule has 1 fully saturated rings. The molecule has 1 aliphatic heterocycles. The smallest absolute Gasteiger partial charge is 0.222 e. The van der Waals surface area contributed by atoms with Gasteiger partial charge >= 0.3 is 0 Å². The molecule has 0 aliphatic carbocycles. The van der Waals surface area contributed by atoms with Crippen molar-refractivity contribution in [1.82, 2.24) is 24.8 Å². The standard InChI is InChI=1S/C26H28FN7OS/c1-2-24(35)34-13-11-33(12-14-34)17-19-9-10-28-23(15-19)32-26-30-21-7-8-22(31-25(21)36-26)29-16-18-3-5-20(27)6-4-18/h3-10,15H,2,11-14,16-17H2,1H3,(H,29,31)(H,28,30,32). The fraction of sp³-hybridized carbons (Fsp3) is 0.308. The Balaban J connectivity index is 1.19. The van der Waals surface area contributed by atoms with E-state index in [4.69, 9.17) is 0 Å². The molecule has 4 heterocycles. The van der Waals surface area contributed by atoms with Crippen molar-refractivity contribution in [1.29, 1.82) is 0 Å². The molecule has 0 bridgehead atoms. The number of fused-ring (bicyclic) bond motifs is 1. The van der Waals surface area contributed by atoms with Crippen LogP contribution in [0.2, 0.25) is 0 Å². The van der Waals surface area contributed by atoms with Crippen LogP contribution in [0.5, 0.6) is 0 Å². The Morgan fingerprint density at radius 3 is 2.58 bits per heavy atom. The summed E-state index contributed by atoms with van der Waals surface area (Å²) in [6.45, 7) is 6.59. The van der Waals surface area contributed by atoms with E-state index in [0.717, 1.165) is 71.0 Å². The molecular weight excluding hydrogens is 477 g/mol. The number of anilines is 3. The summed E-state index contributed by atoms with van der Waals surface area (Å²) in [6, 6.07) is 14.3. The number of nitrogens with one attached hydrogen (secondary N) is 2. The minimum Gasteiger partial charge on any atom is -0.366 e. The normalized spacial score (nSPS) is 14.2. The number of benzene rings is 1. The van der Waals surface area contributed by atoms with Crippen LogP contribution < -0.4 is 10.6 Å². The first kappa shape index (κ1) is 24.1. The number of rotatable bonds is 8. The zero-order valence-corrected chi connectivity index (χ0v) is 20.9. The van der Waals surface area contributed by atoms with Gasteiger partial charge in [-0.25, -0.2) is 19.3 Å². The summed E-state index contributed by atoms with van der Waals surface area (Å²) in [6.07, 6.45) is 2.37. The quantitative estimate of drug-likeness (QED) is 0.361. The van der Waals surface area contributed by atoms with E-state index in [1.54, 1.807) is 18.3 Å². The van der Waals surface area contributed by atoms with E-state index < -0.39 is 0 Å². The average molecular weight is 506 g/mol. The van der Waals surface area contributed by atoms with Crippen molar-refractivity contribution in [2.75, 3.05) is 36.8 Å². The van der Waals surface area contributed by atoms with Gasteiger partial charge in [0.15, 0.2) is 5.13 Å². The van der Waals surface area contributed by atoms with Gasteiger partial charge in [-0.2, -0.15) is 0 Å². The van der Waals surface area contributed by atoms with Crippen molar-refractivity contribution in [2.45, 2.75) is 26.4 Å². The van der Waals surface area contributed by atoms with Crippen molar-refractivity contribution < 1.29 is 9.18 Å². The highest BCUT2D eigenvalue weighted by molar-refractivity contribution is 7.21. The number of thiazole rings is 1. The topological polar surface area (TPSA) is 86.3 Å². The lowest BCUT2D eigenvalue weighted by atomic mass is 10.2. The van der Waals surface area contributed by atoms with Crippen LogP contribution in [0, 0.1) is 5.82 Å². The van der Waals surface area contributed by atoms with E-state index in [1.165, 1.54) is 23.5 Å². The van der Waals surface area contributed by atoms with E-state index in [9.17, 15) is 9.18 Å². The monoisotopic (exact) mass is 505 g/mol. The summed E-state index contributed by atoms with van der Waals surface area (Å²) in [4.78, 5) is 30.8. The molecule has 4 aromatic rings. The molecular formula is C26H28FN7OS. The Morgan fingerprint density at radius 2 is 1.81 bits per heavy atom. The van der Waals surface area contributed by atoms with Gasteiger partial charge in [0.1, 0.15) is 27.8 Å². The predicted molar refractivity (Wildman–Crippen MR) is 141 cm³/mol. The molecule has 8 nitrogen and oxygen atoms in total. The van der Waals surface area contributed by atoms with Gasteiger partial charge in [0.2, 0.25) is 5.91 Å². The lowest BCUT2D eigenvalue weighted by molar-refractivity contribution is -0.132. The Hall–Kier alpha value is -3.63. The van der Waals surface area contributed by atoms with E-state index in [-0.39, 0.29) is 11.7 Å². The molecule has 10 heteroatoms. The number of carbonyl (C=O) groups is 1. The lowest BCUT2D eigenvalue weighted by Crippen LogP contribution is -2.48. The third kappa shape index (κ3) is 5.95. The van der Waals surface area contributed by atoms with Crippen LogP contribution in [0.15, 0.2) is 54.7 Å². The Labute approximate surface area is 213 Å². The summed E-state index contributed by atoms with van der Waals surface area (Å²) in [5.41, 5.74) is 2.95. The first-order chi connectivity index (χ1) is 17.6. The van der Waals surface area contributed by atoms with Crippen LogP contribution in [0.1, 0.15) is 24.5 Å². The lowest BCUT2D eigenvalue weighted by Gasteiger charge is -2.34. The van der Waals surface area contributed by atoms with Gasteiger partial charge in [0.25, 0.3) is 0 Å². The summed E-state index contributed by atoms with van der Waals surface area (Å²) < 4.78 is 13.1. The second-order valence-corrected chi connectivity index (χ2v) is 9.68. The van der Waals surface area contributed by atoms with Crippen LogP contribution in [0.25, 0.3) is 10.3 Å². The second kappa shape index (κ2) is 11.0. The van der Waals surface area contributed by atoms with E-state index >= 15 is 0 Å². The molecule has 3 aromatic heterocycles. The van der Waals surface area contributed by atoms with Gasteiger partial charge in [-0.3, -0.25) is 9.69 Å². The zero-order valence-electron chi connectivity index (χ0n) is 20.1. The molecule has 0 unspecified atom stereocenters. The molecule has 186 valence electrons. The van der Waals surface area contributed by atoms with Crippen LogP contribution >= 0.6 is 11.3 Å². The Morgan fingerprint density at radius 1 is 1.00 bits per heavy atom. The average Bonchev–Trinajstić information content (AvgIpc) is 3.30. The molecule has 1 amide bonds. The molecule has 0 spiro atoms. The van der Waals surface area contributed by atoms with Crippen LogP contribution in [0.3, 0.4) is 0 Å². The summed E-state index contributed by atoms with van der Waals surface area (Å²) in [7, 11) is 0. The second-order valence-electron chi connectivity index (χ2n) is 8.70. The maximum absolute atomic E-state index is 13.1. The number of nitrogens with zero attached hydrogens (tertiary/aromatic N) is 5. The van der Waals surface area contributed by atoms with Crippen LogP contribution in [0.4, 0.5) is 21.2 Å². The summed E-state index contributed by atoms with van der Waals surface area (Å²) in [5, 5.41) is 7.31. The van der Waals surface area contributed by atoms with Crippen molar-refractivity contribution >= 4 is 44.4 Å². The molecule has 0 atom stereocenters. The fourth-order valence-electron chi connectivity index (χ4n) is 4.15. The minimum atomic E-state index is -0.244. The van der Waals surface area contributed by atoms with E-state index in [1.807, 2.05) is 36.1 Å². The molecule has 1 aliphatic rings. The van der Waals surface area contributed by atoms with Gasteiger partial charge in [0.05, 0.1) is 0 Å². The third-order valence-electron chi connectivity index (χ3n) is 6.14. The number of piperazine rings is 1. The maximum Gasteiger partial charge on any atom is 0.222 e. The molecule has 0 radical (unpaired) electrons. The van der Waals surface area contributed by atoms with Crippen LogP contribution in [-0.2, 0) is 17.9 Å². The van der Waals surface area contributed by atoms with Crippen molar-refractivity contribution in [3.8, 4) is 0 Å². The minimum absolute atomic E-state index is 0.228. The van der Waals surface area contributed by atoms with E-state index in [0.29, 0.717) is 13.0 Å². The number of halogens is 1. The highest BCUT2D eigenvalue weighted by Gasteiger charge is 2.20. The largest absolute Gasteiger partial charge is 0.366 e. The molecule has 2 N–H and O–H groups in total. The summed E-state index contributed by atoms with van der Waals surface area (Å²) >= 11 is 1.47. The summed E-state index contributed by atoms with van der Waals surface area (Å²) in [5.74, 6) is 1.46. The van der Waals surface area contributed by atoms with Crippen molar-refractivity contribution in [2.24, 2.45) is 0 Å². The van der Waals surface area contributed by atoms with Crippen molar-refractivity contribution in [3.63, 3.8) is 0 Å². The number of aromatic nitrogens is 3. The predicted octanol–water partition coefficient (Wildman–Crippen LogP) is 4.64. The SMILES string of the molecule is CCC(=O)N1CCN(Cc2ccnc(Nc3nc4ccc(NCc5ccc(F)cc5)nc4s3)c2)CC1. The highest BCUT2D eigenvalue weighted by atomic mass is 32.1. The number of hydrogen-bond donors (Lipinski definition) is 2. The van der Waals surface area contributed by atoms with Gasteiger partial charge in [0, 0.05) is 51.9 Å². The fourth-order valence-corrected chi connectivity index (χ4v) is 5.00. The first-order valence-corrected chi connectivity index (χ1v) is 12.9. The maximum atomic E-state index is 13.1. The molecule has 36 heavy (non-hydrogen) atoms. The number of amides is 1. The van der Waals surface area contributed by atoms with Gasteiger partial charge < -0.3 is 15.5 Å². The van der Waals surface area contributed by atoms with E-state index in [2.05, 4.69) is 30.5 Å². The Kier molecular flexibility index (Phi) is 7.33. The van der Waals surface area contributed by atoms with Gasteiger partial charge in [-0.05, 0) is 47.5 Å². The van der Waals surface area contributed by atoms with Crippen LogP contribution in [-0.4, -0.2) is 56.8 Å². The Bertz CT molecular complexity index is 1340. The number of pyridine rings is 2. The molecule has 5 rings (SSSR count). The van der Waals surface area contributed by atoms with Gasteiger partial charge in [-0.1, -0.05) is 30.4 Å². The molecule has 1 aromatic carbocycles. The first-order valence-electron chi connectivity index (χ1n) is 12.0.